The molecule has 4 unspecified atom stereocenters. The Balaban J connectivity index is 2.97. The van der Waals surface area contributed by atoms with Crippen LogP contribution < -0.4 is 27.4 Å². The number of imidazole rings is 1. The maximum absolute atomic E-state index is 12.6. The molecule has 192 valence electrons. The molecule has 4 amide bonds. The highest BCUT2D eigenvalue weighted by molar-refractivity contribution is 5.97. The van der Waals surface area contributed by atoms with Gasteiger partial charge in [-0.3, -0.25) is 28.8 Å². The van der Waals surface area contributed by atoms with Gasteiger partial charge in [0, 0.05) is 18.3 Å². The summed E-state index contributed by atoms with van der Waals surface area (Å²) in [7, 11) is 0. The first kappa shape index (κ1) is 28.5. The van der Waals surface area contributed by atoms with Gasteiger partial charge in [-0.1, -0.05) is 0 Å². The van der Waals surface area contributed by atoms with Crippen LogP contribution in [-0.4, -0.2) is 91.0 Å². The maximum Gasteiger partial charge on any atom is 0.326 e. The van der Waals surface area contributed by atoms with E-state index in [-0.39, 0.29) is 6.42 Å². The summed E-state index contributed by atoms with van der Waals surface area (Å²) in [6.45, 7) is 0. The van der Waals surface area contributed by atoms with Crippen LogP contribution in [-0.2, 0) is 40.0 Å². The molecule has 0 aromatic carbocycles. The number of rotatable bonds is 15. The average Bonchev–Trinajstić information content (AvgIpc) is 3.23. The molecular formula is C18H25N7O10. The molecule has 0 radical (unpaired) electrons. The van der Waals surface area contributed by atoms with Gasteiger partial charge in [0.05, 0.1) is 31.6 Å². The smallest absolute Gasteiger partial charge is 0.326 e. The summed E-state index contributed by atoms with van der Waals surface area (Å²) >= 11 is 0. The molecule has 17 nitrogen and oxygen atoms in total. The summed E-state index contributed by atoms with van der Waals surface area (Å²) in [6, 6.07) is -6.69. The highest BCUT2D eigenvalue weighted by atomic mass is 16.4. The number of nitrogens with two attached hydrogens (primary N) is 2. The summed E-state index contributed by atoms with van der Waals surface area (Å²) in [5, 5.41) is 33.2. The number of nitrogens with one attached hydrogen (secondary N) is 4. The van der Waals surface area contributed by atoms with Gasteiger partial charge in [0.2, 0.25) is 23.6 Å². The lowest BCUT2D eigenvalue weighted by Gasteiger charge is -2.23. The van der Waals surface area contributed by atoms with Gasteiger partial charge in [0.15, 0.2) is 0 Å². The van der Waals surface area contributed by atoms with E-state index in [2.05, 4.69) is 15.3 Å². The van der Waals surface area contributed by atoms with Crippen molar-refractivity contribution in [3.05, 3.63) is 18.2 Å². The highest BCUT2D eigenvalue weighted by Gasteiger charge is 2.33. The fraction of sp³-hybridized carbons (Fsp3) is 0.444. The van der Waals surface area contributed by atoms with Crippen molar-refractivity contribution in [1.29, 1.82) is 0 Å². The van der Waals surface area contributed by atoms with E-state index in [0.29, 0.717) is 5.69 Å². The number of carbonyl (C=O) groups excluding carboxylic acids is 4. The topological polar surface area (TPSA) is 297 Å². The van der Waals surface area contributed by atoms with Crippen molar-refractivity contribution in [2.75, 3.05) is 0 Å². The Labute approximate surface area is 196 Å². The van der Waals surface area contributed by atoms with Gasteiger partial charge in [-0.25, -0.2) is 9.78 Å². The molecule has 0 aliphatic carbocycles. The van der Waals surface area contributed by atoms with Gasteiger partial charge in [0.1, 0.15) is 18.1 Å². The van der Waals surface area contributed by atoms with Crippen LogP contribution in [0.4, 0.5) is 0 Å². The molecule has 4 atom stereocenters. The second-order valence-corrected chi connectivity index (χ2v) is 7.28. The number of aliphatic carboxylic acids is 3. The van der Waals surface area contributed by atoms with Crippen LogP contribution in [0.15, 0.2) is 12.5 Å². The molecule has 1 aromatic heterocycles. The van der Waals surface area contributed by atoms with Crippen molar-refractivity contribution >= 4 is 41.5 Å². The molecule has 0 spiro atoms. The lowest BCUT2D eigenvalue weighted by Crippen LogP contribution is -2.58. The fourth-order valence-corrected chi connectivity index (χ4v) is 2.72. The van der Waals surface area contributed by atoms with Crippen molar-refractivity contribution in [3.8, 4) is 0 Å². The van der Waals surface area contributed by atoms with E-state index >= 15 is 0 Å². The van der Waals surface area contributed by atoms with E-state index in [1.54, 1.807) is 0 Å². The summed E-state index contributed by atoms with van der Waals surface area (Å²) in [6.07, 6.45) is -0.101. The Morgan fingerprint density at radius 2 is 1.31 bits per heavy atom. The number of H-pyrrole nitrogens is 1. The number of carboxylic acids is 3. The number of aromatic nitrogens is 2. The number of nitrogens with zero attached hydrogens (tertiary/aromatic N) is 1. The fourth-order valence-electron chi connectivity index (χ4n) is 2.72. The van der Waals surface area contributed by atoms with Crippen LogP contribution in [0.3, 0.4) is 0 Å². The van der Waals surface area contributed by atoms with Gasteiger partial charge < -0.3 is 47.7 Å². The zero-order chi connectivity index (χ0) is 26.7. The van der Waals surface area contributed by atoms with E-state index in [1.807, 2.05) is 10.6 Å². The SMILES string of the molecule is NC(=O)CC(NC(=O)C(CC(=O)O)NC(=O)C(CC(=O)O)NC(=O)C(N)Cc1cnc[nH]1)C(=O)O. The summed E-state index contributed by atoms with van der Waals surface area (Å²) in [5.74, 6) is -9.30. The zero-order valence-corrected chi connectivity index (χ0v) is 18.1. The minimum Gasteiger partial charge on any atom is -0.481 e. The van der Waals surface area contributed by atoms with Crippen molar-refractivity contribution < 1.29 is 48.9 Å². The van der Waals surface area contributed by atoms with E-state index < -0.39 is 85.0 Å². The van der Waals surface area contributed by atoms with Gasteiger partial charge in [0.25, 0.3) is 0 Å². The van der Waals surface area contributed by atoms with E-state index in [4.69, 9.17) is 26.8 Å². The molecule has 1 aromatic rings. The Hall–Kier alpha value is -4.54. The maximum atomic E-state index is 12.6. The van der Waals surface area contributed by atoms with Crippen molar-refractivity contribution in [1.82, 2.24) is 25.9 Å². The summed E-state index contributed by atoms with van der Waals surface area (Å²) in [4.78, 5) is 88.4. The number of aromatic amines is 1. The monoisotopic (exact) mass is 499 g/mol. The quantitative estimate of drug-likeness (QED) is 0.111. The predicted molar refractivity (Wildman–Crippen MR) is 112 cm³/mol. The van der Waals surface area contributed by atoms with Gasteiger partial charge in [-0.2, -0.15) is 0 Å². The molecule has 11 N–H and O–H groups in total. The van der Waals surface area contributed by atoms with Crippen molar-refractivity contribution in [3.63, 3.8) is 0 Å². The number of primary amides is 1. The molecular weight excluding hydrogens is 474 g/mol. The van der Waals surface area contributed by atoms with Gasteiger partial charge >= 0.3 is 17.9 Å². The largest absolute Gasteiger partial charge is 0.481 e. The van der Waals surface area contributed by atoms with Crippen LogP contribution >= 0.6 is 0 Å². The first-order valence-corrected chi connectivity index (χ1v) is 9.88. The normalized spacial score (nSPS) is 14.0. The average molecular weight is 499 g/mol. The lowest BCUT2D eigenvalue weighted by atomic mass is 10.1. The lowest BCUT2D eigenvalue weighted by molar-refractivity contribution is -0.145. The molecule has 0 saturated carbocycles. The zero-order valence-electron chi connectivity index (χ0n) is 18.1. The number of carbonyl (C=O) groups is 7. The minimum absolute atomic E-state index is 0.0340. The third-order valence-corrected chi connectivity index (χ3v) is 4.37. The number of hydrogen-bond acceptors (Lipinski definition) is 9. The van der Waals surface area contributed by atoms with Crippen LogP contribution in [0.2, 0.25) is 0 Å². The molecule has 1 heterocycles. The summed E-state index contributed by atoms with van der Waals surface area (Å²) < 4.78 is 0. The Morgan fingerprint density at radius 3 is 1.71 bits per heavy atom. The van der Waals surface area contributed by atoms with E-state index in [1.165, 1.54) is 12.5 Å². The molecule has 0 fully saturated rings. The highest BCUT2D eigenvalue weighted by Crippen LogP contribution is 2.03. The second kappa shape index (κ2) is 13.2. The van der Waals surface area contributed by atoms with Crippen LogP contribution in [0, 0.1) is 0 Å². The predicted octanol–water partition coefficient (Wildman–Crippen LogP) is -4.36. The molecule has 0 bridgehead atoms. The first-order valence-electron chi connectivity index (χ1n) is 9.88. The van der Waals surface area contributed by atoms with Crippen LogP contribution in [0.25, 0.3) is 0 Å². The summed E-state index contributed by atoms with van der Waals surface area (Å²) in [5.41, 5.74) is 11.1. The molecule has 17 heteroatoms. The molecule has 35 heavy (non-hydrogen) atoms. The second-order valence-electron chi connectivity index (χ2n) is 7.28. The van der Waals surface area contributed by atoms with E-state index in [9.17, 15) is 33.6 Å². The molecule has 0 saturated heterocycles. The van der Waals surface area contributed by atoms with Gasteiger partial charge in [-0.05, 0) is 0 Å². The first-order chi connectivity index (χ1) is 16.3. The van der Waals surface area contributed by atoms with Crippen molar-refractivity contribution in [2.24, 2.45) is 11.5 Å². The Bertz CT molecular complexity index is 965. The van der Waals surface area contributed by atoms with E-state index in [0.717, 1.165) is 0 Å². The molecule has 1 rings (SSSR count). The standard InChI is InChI=1S/C18H25N7O10/c19-8(1-7-5-21-6-22-7)15(31)23-9(3-13(27)28)16(32)24-10(4-14(29)30)17(33)25-11(18(34)35)2-12(20)26/h5-6,8-11H,1-4,19H2,(H2,20,26)(H,21,22)(H,23,31)(H,24,32)(H,25,33)(H,27,28)(H,29,30)(H,34,35). The third-order valence-electron chi connectivity index (χ3n) is 4.37. The van der Waals surface area contributed by atoms with Gasteiger partial charge in [-0.15, -0.1) is 0 Å². The van der Waals surface area contributed by atoms with Crippen LogP contribution in [0.1, 0.15) is 25.0 Å². The third kappa shape index (κ3) is 10.3. The Morgan fingerprint density at radius 1 is 0.829 bits per heavy atom. The van der Waals surface area contributed by atoms with Crippen LogP contribution in [0.5, 0.6) is 0 Å². The van der Waals surface area contributed by atoms with Crippen molar-refractivity contribution in [2.45, 2.75) is 49.9 Å². The molecule has 0 aliphatic rings. The number of amides is 4. The molecule has 0 aliphatic heterocycles. The Kier molecular flexibility index (Phi) is 10.8. The number of hydrogen-bond donors (Lipinski definition) is 9. The minimum atomic E-state index is -1.89. The number of carboxylic acid groups (broad SMARTS) is 3.